The van der Waals surface area contributed by atoms with Crippen molar-refractivity contribution in [1.82, 2.24) is 9.78 Å². The van der Waals surface area contributed by atoms with Crippen molar-refractivity contribution in [2.75, 3.05) is 31.2 Å². The van der Waals surface area contributed by atoms with Crippen LogP contribution in [-0.2, 0) is 11.2 Å². The van der Waals surface area contributed by atoms with E-state index >= 15 is 0 Å². The molecule has 0 atom stereocenters. The molecule has 0 bridgehead atoms. The van der Waals surface area contributed by atoms with E-state index in [-0.39, 0.29) is 0 Å². The number of ether oxygens (including phenoxy) is 1. The minimum Gasteiger partial charge on any atom is -0.378 e. The molecule has 2 heterocycles. The zero-order chi connectivity index (χ0) is 13.1. The van der Waals surface area contributed by atoms with Gasteiger partial charge in [0.25, 0.3) is 0 Å². The molecule has 0 saturated carbocycles. The number of nitrogens with zero attached hydrogens (tertiary/aromatic N) is 3. The van der Waals surface area contributed by atoms with Gasteiger partial charge in [-0.15, -0.1) is 0 Å². The molecule has 1 aromatic carbocycles. The van der Waals surface area contributed by atoms with E-state index in [1.807, 2.05) is 10.9 Å². The van der Waals surface area contributed by atoms with Crippen molar-refractivity contribution in [2.45, 2.75) is 13.3 Å². The van der Waals surface area contributed by atoms with Crippen LogP contribution in [0.4, 0.5) is 5.69 Å². The number of morpholine rings is 1. The van der Waals surface area contributed by atoms with Gasteiger partial charge in [0, 0.05) is 25.0 Å². The molecule has 0 spiro atoms. The molecule has 100 valence electrons. The quantitative estimate of drug-likeness (QED) is 0.845. The molecule has 2 aromatic rings. The van der Waals surface area contributed by atoms with Gasteiger partial charge in [0.1, 0.15) is 0 Å². The van der Waals surface area contributed by atoms with Gasteiger partial charge in [-0.25, -0.2) is 4.68 Å². The van der Waals surface area contributed by atoms with Gasteiger partial charge in [0.15, 0.2) is 0 Å². The van der Waals surface area contributed by atoms with Crippen LogP contribution in [0.25, 0.3) is 5.69 Å². The molecule has 1 saturated heterocycles. The first-order valence-corrected chi connectivity index (χ1v) is 6.83. The predicted octanol–water partition coefficient (Wildman–Crippen LogP) is 2.27. The summed E-state index contributed by atoms with van der Waals surface area (Å²) in [7, 11) is 0. The molecule has 1 aliphatic rings. The van der Waals surface area contributed by atoms with Crippen molar-refractivity contribution < 1.29 is 4.74 Å². The van der Waals surface area contributed by atoms with Crippen LogP contribution < -0.4 is 4.90 Å². The summed E-state index contributed by atoms with van der Waals surface area (Å²) in [6.07, 6.45) is 5.04. The Kier molecular flexibility index (Phi) is 3.51. The maximum absolute atomic E-state index is 5.39. The van der Waals surface area contributed by atoms with E-state index in [1.54, 1.807) is 0 Å². The van der Waals surface area contributed by atoms with Crippen molar-refractivity contribution in [3.63, 3.8) is 0 Å². The van der Waals surface area contributed by atoms with Crippen LogP contribution in [-0.4, -0.2) is 36.1 Å². The number of aryl methyl sites for hydroxylation is 1. The van der Waals surface area contributed by atoms with Crippen LogP contribution in [0.15, 0.2) is 36.7 Å². The SMILES string of the molecule is CCc1cnn(-c2cccc(N3CCOCC3)c2)c1. The van der Waals surface area contributed by atoms with Crippen LogP contribution in [0.2, 0.25) is 0 Å². The van der Waals surface area contributed by atoms with Gasteiger partial charge in [-0.05, 0) is 30.2 Å². The number of aromatic nitrogens is 2. The highest BCUT2D eigenvalue weighted by atomic mass is 16.5. The molecule has 0 amide bonds. The monoisotopic (exact) mass is 257 g/mol. The fourth-order valence-electron chi connectivity index (χ4n) is 2.34. The number of anilines is 1. The Morgan fingerprint density at radius 1 is 1.21 bits per heavy atom. The van der Waals surface area contributed by atoms with Gasteiger partial charge in [-0.3, -0.25) is 0 Å². The molecular weight excluding hydrogens is 238 g/mol. The smallest absolute Gasteiger partial charge is 0.0666 e. The predicted molar refractivity (Wildman–Crippen MR) is 76.0 cm³/mol. The zero-order valence-corrected chi connectivity index (χ0v) is 11.2. The second-order valence-electron chi connectivity index (χ2n) is 4.77. The van der Waals surface area contributed by atoms with Gasteiger partial charge < -0.3 is 9.64 Å². The summed E-state index contributed by atoms with van der Waals surface area (Å²) in [5.41, 5.74) is 3.62. The van der Waals surface area contributed by atoms with Crippen molar-refractivity contribution in [1.29, 1.82) is 0 Å². The van der Waals surface area contributed by atoms with Crippen LogP contribution >= 0.6 is 0 Å². The highest BCUT2D eigenvalue weighted by Gasteiger charge is 2.11. The minimum absolute atomic E-state index is 0.811. The number of hydrogen-bond donors (Lipinski definition) is 0. The van der Waals surface area contributed by atoms with Crippen LogP contribution in [0.1, 0.15) is 12.5 Å². The highest BCUT2D eigenvalue weighted by Crippen LogP contribution is 2.19. The molecule has 4 nitrogen and oxygen atoms in total. The largest absolute Gasteiger partial charge is 0.378 e. The Morgan fingerprint density at radius 3 is 2.74 bits per heavy atom. The van der Waals surface area contributed by atoms with Gasteiger partial charge in [0.2, 0.25) is 0 Å². The third-order valence-electron chi connectivity index (χ3n) is 3.51. The molecule has 19 heavy (non-hydrogen) atoms. The fourth-order valence-corrected chi connectivity index (χ4v) is 2.34. The second-order valence-corrected chi connectivity index (χ2v) is 4.77. The first kappa shape index (κ1) is 12.2. The van der Waals surface area contributed by atoms with Crippen LogP contribution in [0.3, 0.4) is 0 Å². The molecular formula is C15H19N3O. The maximum atomic E-state index is 5.39. The maximum Gasteiger partial charge on any atom is 0.0666 e. The topological polar surface area (TPSA) is 30.3 Å². The summed E-state index contributed by atoms with van der Waals surface area (Å²) in [6.45, 7) is 5.69. The first-order valence-electron chi connectivity index (χ1n) is 6.83. The lowest BCUT2D eigenvalue weighted by atomic mass is 10.2. The van der Waals surface area contributed by atoms with Gasteiger partial charge >= 0.3 is 0 Å². The average Bonchev–Trinajstić information content (AvgIpc) is 2.97. The third-order valence-corrected chi connectivity index (χ3v) is 3.51. The number of hydrogen-bond acceptors (Lipinski definition) is 3. The van der Waals surface area contributed by atoms with Gasteiger partial charge in [-0.2, -0.15) is 5.10 Å². The lowest BCUT2D eigenvalue weighted by molar-refractivity contribution is 0.122. The van der Waals surface area contributed by atoms with E-state index in [9.17, 15) is 0 Å². The van der Waals surface area contributed by atoms with E-state index in [0.717, 1.165) is 38.4 Å². The molecule has 1 aromatic heterocycles. The molecule has 3 rings (SSSR count). The number of rotatable bonds is 3. The molecule has 4 heteroatoms. The Morgan fingerprint density at radius 2 is 2.00 bits per heavy atom. The van der Waals surface area contributed by atoms with Crippen molar-refractivity contribution in [3.8, 4) is 5.69 Å². The van der Waals surface area contributed by atoms with E-state index in [2.05, 4.69) is 47.4 Å². The average molecular weight is 257 g/mol. The molecule has 1 aliphatic heterocycles. The molecule has 0 unspecified atom stereocenters. The summed E-state index contributed by atoms with van der Waals surface area (Å²) in [4.78, 5) is 2.36. The van der Waals surface area contributed by atoms with Gasteiger partial charge in [0.05, 0.1) is 25.1 Å². The van der Waals surface area contributed by atoms with Crippen molar-refractivity contribution in [3.05, 3.63) is 42.2 Å². The summed E-state index contributed by atoms with van der Waals surface area (Å²) in [6, 6.07) is 8.53. The van der Waals surface area contributed by atoms with E-state index in [4.69, 9.17) is 4.74 Å². The summed E-state index contributed by atoms with van der Waals surface area (Å²) in [5.74, 6) is 0. The lowest BCUT2D eigenvalue weighted by Crippen LogP contribution is -2.36. The van der Waals surface area contributed by atoms with Crippen molar-refractivity contribution >= 4 is 5.69 Å². The molecule has 0 aliphatic carbocycles. The Labute approximate surface area is 113 Å². The van der Waals surface area contributed by atoms with E-state index < -0.39 is 0 Å². The highest BCUT2D eigenvalue weighted by molar-refractivity contribution is 5.53. The number of benzene rings is 1. The Balaban J connectivity index is 1.86. The molecule has 0 N–H and O–H groups in total. The normalized spacial score (nSPS) is 15.7. The van der Waals surface area contributed by atoms with Crippen molar-refractivity contribution in [2.24, 2.45) is 0 Å². The Hall–Kier alpha value is -1.81. The van der Waals surface area contributed by atoms with E-state index in [0.29, 0.717) is 0 Å². The summed E-state index contributed by atoms with van der Waals surface area (Å²) in [5, 5.41) is 4.42. The third kappa shape index (κ3) is 2.63. The van der Waals surface area contributed by atoms with Crippen LogP contribution in [0.5, 0.6) is 0 Å². The second kappa shape index (κ2) is 5.45. The molecule has 0 radical (unpaired) electrons. The minimum atomic E-state index is 0.811. The Bertz CT molecular complexity index is 544. The standard InChI is InChI=1S/C15H19N3O/c1-2-13-11-16-18(12-13)15-5-3-4-14(10-15)17-6-8-19-9-7-17/h3-5,10-12H,2,6-9H2,1H3. The van der Waals surface area contributed by atoms with Gasteiger partial charge in [-0.1, -0.05) is 13.0 Å². The summed E-state index contributed by atoms with van der Waals surface area (Å²) >= 11 is 0. The fraction of sp³-hybridized carbons (Fsp3) is 0.400. The lowest BCUT2D eigenvalue weighted by Gasteiger charge is -2.29. The first-order chi connectivity index (χ1) is 9.36. The van der Waals surface area contributed by atoms with Crippen LogP contribution in [0, 0.1) is 0 Å². The molecule has 1 fully saturated rings. The zero-order valence-electron chi connectivity index (χ0n) is 11.2. The van der Waals surface area contributed by atoms with E-state index in [1.165, 1.54) is 11.3 Å². The summed E-state index contributed by atoms with van der Waals surface area (Å²) < 4.78 is 7.34.